The second-order valence-electron chi connectivity index (χ2n) is 5.05. The van der Waals surface area contributed by atoms with Gasteiger partial charge in [-0.1, -0.05) is 41.3 Å². The van der Waals surface area contributed by atoms with Crippen molar-refractivity contribution in [1.29, 1.82) is 0 Å². The highest BCUT2D eigenvalue weighted by atomic mass is 35.5. The van der Waals surface area contributed by atoms with Crippen molar-refractivity contribution >= 4 is 28.9 Å². The number of hydrogen-bond acceptors (Lipinski definition) is 2. The van der Waals surface area contributed by atoms with Crippen LogP contribution in [0.4, 0.5) is 5.69 Å². The van der Waals surface area contributed by atoms with E-state index in [2.05, 4.69) is 43.3 Å². The average Bonchev–Trinajstić information content (AvgIpc) is 2.47. The minimum absolute atomic E-state index is 0.138. The Balaban J connectivity index is 2.14. The molecule has 2 aromatic carbocycles. The first kappa shape index (κ1) is 16.5. The normalized spacial score (nSPS) is 10.1. The first-order valence-corrected chi connectivity index (χ1v) is 7.62. The highest BCUT2D eigenvalue weighted by molar-refractivity contribution is 6.37. The maximum atomic E-state index is 6.20. The molecule has 2 nitrogen and oxygen atoms in total. The van der Waals surface area contributed by atoms with Gasteiger partial charge in [0.25, 0.3) is 0 Å². The van der Waals surface area contributed by atoms with Crippen LogP contribution in [0.1, 0.15) is 16.7 Å². The Morgan fingerprint density at radius 1 is 1.14 bits per heavy atom. The van der Waals surface area contributed by atoms with Gasteiger partial charge in [0.15, 0.2) is 5.75 Å². The number of anilines is 1. The van der Waals surface area contributed by atoms with Gasteiger partial charge in [-0.05, 0) is 48.7 Å². The minimum Gasteiger partial charge on any atom is -0.478 e. The molecule has 0 spiro atoms. The Morgan fingerprint density at radius 3 is 2.45 bits per heavy atom. The first-order valence-electron chi connectivity index (χ1n) is 6.86. The van der Waals surface area contributed by atoms with E-state index in [4.69, 9.17) is 34.4 Å². The lowest BCUT2D eigenvalue weighted by Gasteiger charge is -2.13. The van der Waals surface area contributed by atoms with Crippen molar-refractivity contribution in [3.8, 4) is 18.1 Å². The third kappa shape index (κ3) is 4.10. The molecule has 2 rings (SSSR count). The van der Waals surface area contributed by atoms with E-state index < -0.39 is 0 Å². The molecule has 0 aromatic heterocycles. The number of aryl methyl sites for hydroxylation is 2. The van der Waals surface area contributed by atoms with Crippen molar-refractivity contribution in [2.75, 3.05) is 11.9 Å². The van der Waals surface area contributed by atoms with E-state index in [1.165, 1.54) is 11.1 Å². The molecule has 0 radical (unpaired) electrons. The van der Waals surface area contributed by atoms with Crippen LogP contribution in [-0.4, -0.2) is 6.61 Å². The maximum Gasteiger partial charge on any atom is 0.157 e. The monoisotopic (exact) mass is 333 g/mol. The number of terminal acetylenes is 1. The van der Waals surface area contributed by atoms with Crippen LogP contribution in [0.5, 0.6) is 5.75 Å². The Bertz CT molecular complexity index is 697. The van der Waals surface area contributed by atoms with Crippen LogP contribution in [0.25, 0.3) is 0 Å². The van der Waals surface area contributed by atoms with E-state index in [9.17, 15) is 0 Å². The van der Waals surface area contributed by atoms with Crippen LogP contribution in [0, 0.1) is 26.2 Å². The summed E-state index contributed by atoms with van der Waals surface area (Å²) in [5, 5.41) is 4.31. The summed E-state index contributed by atoms with van der Waals surface area (Å²) in [4.78, 5) is 0. The van der Waals surface area contributed by atoms with E-state index in [0.717, 1.165) is 11.3 Å². The van der Waals surface area contributed by atoms with E-state index >= 15 is 0 Å². The summed E-state index contributed by atoms with van der Waals surface area (Å²) in [5.74, 6) is 2.82. The lowest BCUT2D eigenvalue weighted by atomic mass is 10.1. The summed E-state index contributed by atoms with van der Waals surface area (Å²) in [5.41, 5.74) is 4.47. The van der Waals surface area contributed by atoms with Gasteiger partial charge in [-0.3, -0.25) is 0 Å². The molecular weight excluding hydrogens is 317 g/mol. The molecule has 0 saturated carbocycles. The predicted molar refractivity (Wildman–Crippen MR) is 94.0 cm³/mol. The minimum atomic E-state index is 0.138. The standard InChI is InChI=1S/C18H17Cl2NO/c1-4-7-22-18-15(19)9-14(10-16(18)20)11-21-17-8-12(2)5-6-13(17)3/h1,5-6,8-10,21H,7,11H2,2-3H3. The molecule has 0 heterocycles. The fourth-order valence-corrected chi connectivity index (χ4v) is 2.73. The Morgan fingerprint density at radius 2 is 1.82 bits per heavy atom. The Hall–Kier alpha value is -1.82. The van der Waals surface area contributed by atoms with Gasteiger partial charge < -0.3 is 10.1 Å². The van der Waals surface area contributed by atoms with Gasteiger partial charge in [0.1, 0.15) is 6.61 Å². The van der Waals surface area contributed by atoms with Crippen LogP contribution in [0.15, 0.2) is 30.3 Å². The number of hydrogen-bond donors (Lipinski definition) is 1. The summed E-state index contributed by atoms with van der Waals surface area (Å²) < 4.78 is 5.35. The Kier molecular flexibility index (Phi) is 5.60. The second kappa shape index (κ2) is 7.45. The fraction of sp³-hybridized carbons (Fsp3) is 0.222. The van der Waals surface area contributed by atoms with Gasteiger partial charge in [0.2, 0.25) is 0 Å². The van der Waals surface area contributed by atoms with Crippen LogP contribution < -0.4 is 10.1 Å². The van der Waals surface area contributed by atoms with E-state index in [-0.39, 0.29) is 6.61 Å². The molecule has 2 aromatic rings. The van der Waals surface area contributed by atoms with Crippen molar-refractivity contribution in [2.45, 2.75) is 20.4 Å². The largest absolute Gasteiger partial charge is 0.478 e. The number of halogens is 2. The molecule has 0 amide bonds. The molecule has 1 N–H and O–H groups in total. The highest BCUT2D eigenvalue weighted by Gasteiger charge is 2.10. The lowest BCUT2D eigenvalue weighted by Crippen LogP contribution is -2.02. The molecule has 4 heteroatoms. The molecular formula is C18H17Cl2NO. The second-order valence-corrected chi connectivity index (χ2v) is 5.87. The molecule has 0 saturated heterocycles. The summed E-state index contributed by atoms with van der Waals surface area (Å²) in [7, 11) is 0. The Labute approximate surface area is 141 Å². The van der Waals surface area contributed by atoms with E-state index in [0.29, 0.717) is 22.3 Å². The van der Waals surface area contributed by atoms with Gasteiger partial charge >= 0.3 is 0 Å². The third-order valence-corrected chi connectivity index (χ3v) is 3.80. The van der Waals surface area contributed by atoms with Crippen LogP contribution in [-0.2, 0) is 6.54 Å². The van der Waals surface area contributed by atoms with Crippen molar-refractivity contribution in [3.63, 3.8) is 0 Å². The quantitative estimate of drug-likeness (QED) is 0.756. The zero-order valence-electron chi connectivity index (χ0n) is 12.5. The lowest BCUT2D eigenvalue weighted by molar-refractivity contribution is 0.371. The summed E-state index contributed by atoms with van der Waals surface area (Å²) >= 11 is 12.4. The molecule has 0 bridgehead atoms. The third-order valence-electron chi connectivity index (χ3n) is 3.23. The van der Waals surface area contributed by atoms with E-state index in [1.54, 1.807) is 0 Å². The van der Waals surface area contributed by atoms with Crippen molar-refractivity contribution < 1.29 is 4.74 Å². The summed E-state index contributed by atoms with van der Waals surface area (Å²) in [6.07, 6.45) is 5.17. The zero-order valence-corrected chi connectivity index (χ0v) is 14.1. The van der Waals surface area contributed by atoms with Crippen molar-refractivity contribution in [3.05, 3.63) is 57.1 Å². The maximum absolute atomic E-state index is 6.20. The molecule has 0 unspecified atom stereocenters. The smallest absolute Gasteiger partial charge is 0.157 e. The topological polar surface area (TPSA) is 21.3 Å². The summed E-state index contributed by atoms with van der Waals surface area (Å²) in [6.45, 7) is 4.90. The van der Waals surface area contributed by atoms with Crippen LogP contribution in [0.2, 0.25) is 10.0 Å². The molecule has 0 aliphatic rings. The molecule has 0 aliphatic heterocycles. The molecule has 0 aliphatic carbocycles. The van der Waals surface area contributed by atoms with Crippen LogP contribution >= 0.6 is 23.2 Å². The van der Waals surface area contributed by atoms with Gasteiger partial charge in [0, 0.05) is 12.2 Å². The fourth-order valence-electron chi connectivity index (χ4n) is 2.09. The number of rotatable bonds is 5. The average molecular weight is 334 g/mol. The predicted octanol–water partition coefficient (Wildman–Crippen LogP) is 5.23. The van der Waals surface area contributed by atoms with Crippen molar-refractivity contribution in [1.82, 2.24) is 0 Å². The number of nitrogens with one attached hydrogen (secondary N) is 1. The molecule has 0 fully saturated rings. The number of benzene rings is 2. The molecule has 0 atom stereocenters. The first-order chi connectivity index (χ1) is 10.5. The zero-order chi connectivity index (χ0) is 16.1. The van der Waals surface area contributed by atoms with Gasteiger partial charge in [-0.2, -0.15) is 0 Å². The van der Waals surface area contributed by atoms with Gasteiger partial charge in [-0.15, -0.1) is 6.42 Å². The van der Waals surface area contributed by atoms with Gasteiger partial charge in [0.05, 0.1) is 10.0 Å². The SMILES string of the molecule is C#CCOc1c(Cl)cc(CNc2cc(C)ccc2C)cc1Cl. The van der Waals surface area contributed by atoms with Crippen molar-refractivity contribution in [2.24, 2.45) is 0 Å². The highest BCUT2D eigenvalue weighted by Crippen LogP contribution is 2.34. The molecule has 22 heavy (non-hydrogen) atoms. The van der Waals surface area contributed by atoms with Crippen LogP contribution in [0.3, 0.4) is 0 Å². The number of ether oxygens (including phenoxy) is 1. The van der Waals surface area contributed by atoms with Gasteiger partial charge in [-0.25, -0.2) is 0 Å². The summed E-state index contributed by atoms with van der Waals surface area (Å²) in [6, 6.07) is 9.96. The van der Waals surface area contributed by atoms with E-state index in [1.807, 2.05) is 12.1 Å². The molecule has 114 valence electrons.